The summed E-state index contributed by atoms with van der Waals surface area (Å²) in [5, 5.41) is 3.08. The minimum atomic E-state index is -4.20. The Balaban J connectivity index is 2.08. The van der Waals surface area contributed by atoms with E-state index in [0.717, 1.165) is 9.87 Å². The molecule has 0 heterocycles. The van der Waals surface area contributed by atoms with Gasteiger partial charge < -0.3 is 10.2 Å². The fourth-order valence-corrected chi connectivity index (χ4v) is 5.67. The van der Waals surface area contributed by atoms with E-state index in [0.29, 0.717) is 17.1 Å². The normalized spacial score (nSPS) is 12.1. The summed E-state index contributed by atoms with van der Waals surface area (Å²) < 4.78 is 43.2. The molecule has 7 nitrogen and oxygen atoms in total. The fourth-order valence-electron chi connectivity index (χ4n) is 3.96. The molecule has 0 unspecified atom stereocenters. The summed E-state index contributed by atoms with van der Waals surface area (Å²) >= 11 is 6.11. The molecule has 38 heavy (non-hydrogen) atoms. The van der Waals surface area contributed by atoms with Crippen LogP contribution in [-0.4, -0.2) is 44.3 Å². The molecule has 0 aromatic heterocycles. The predicted molar refractivity (Wildman–Crippen MR) is 147 cm³/mol. The van der Waals surface area contributed by atoms with E-state index in [1.807, 2.05) is 6.92 Å². The minimum Gasteiger partial charge on any atom is -0.355 e. The van der Waals surface area contributed by atoms with Gasteiger partial charge in [0.2, 0.25) is 11.8 Å². The molecule has 0 bridgehead atoms. The SMILES string of the molecule is CCNC(=O)[C@H](C)N(Cc1ccccc1F)C(=O)CN(c1ccc(Cl)cc1C)S(=O)(=O)c1ccc(C)cc1. The van der Waals surface area contributed by atoms with Crippen molar-refractivity contribution in [3.05, 3.63) is 94.3 Å². The van der Waals surface area contributed by atoms with Crippen LogP contribution in [0.4, 0.5) is 10.1 Å². The molecule has 0 aliphatic carbocycles. The average molecular weight is 560 g/mol. The molecule has 202 valence electrons. The van der Waals surface area contributed by atoms with Crippen molar-refractivity contribution in [2.45, 2.75) is 45.2 Å². The fraction of sp³-hybridized carbons (Fsp3) is 0.286. The monoisotopic (exact) mass is 559 g/mol. The van der Waals surface area contributed by atoms with Gasteiger partial charge in [0.15, 0.2) is 0 Å². The molecule has 3 aromatic carbocycles. The summed E-state index contributed by atoms with van der Waals surface area (Å²) in [6, 6.07) is 15.9. The van der Waals surface area contributed by atoms with Crippen LogP contribution >= 0.6 is 11.6 Å². The molecule has 1 N–H and O–H groups in total. The molecule has 3 aromatic rings. The Morgan fingerprint density at radius 2 is 1.68 bits per heavy atom. The van der Waals surface area contributed by atoms with E-state index in [4.69, 9.17) is 11.6 Å². The number of nitrogens with one attached hydrogen (secondary N) is 1. The number of benzene rings is 3. The topological polar surface area (TPSA) is 86.8 Å². The third-order valence-corrected chi connectivity index (χ3v) is 8.14. The molecule has 0 spiro atoms. The zero-order valence-electron chi connectivity index (χ0n) is 21.7. The smallest absolute Gasteiger partial charge is 0.264 e. The lowest BCUT2D eigenvalue weighted by atomic mass is 10.1. The number of amides is 2. The number of hydrogen-bond acceptors (Lipinski definition) is 4. The quantitative estimate of drug-likeness (QED) is 0.385. The summed E-state index contributed by atoms with van der Waals surface area (Å²) in [6.45, 7) is 6.30. The molecule has 2 amide bonds. The van der Waals surface area contributed by atoms with Crippen LogP contribution < -0.4 is 9.62 Å². The number of aryl methyl sites for hydroxylation is 2. The van der Waals surface area contributed by atoms with Crippen molar-refractivity contribution in [2.24, 2.45) is 0 Å². The molecular weight excluding hydrogens is 529 g/mol. The van der Waals surface area contributed by atoms with E-state index in [9.17, 15) is 22.4 Å². The Morgan fingerprint density at radius 3 is 2.29 bits per heavy atom. The van der Waals surface area contributed by atoms with Gasteiger partial charge in [-0.05, 0) is 69.7 Å². The van der Waals surface area contributed by atoms with Gasteiger partial charge in [0, 0.05) is 23.7 Å². The number of nitrogens with zero attached hydrogens (tertiary/aromatic N) is 2. The lowest BCUT2D eigenvalue weighted by Crippen LogP contribution is -2.51. The minimum absolute atomic E-state index is 0.00248. The number of carbonyl (C=O) groups excluding carboxylic acids is 2. The number of carbonyl (C=O) groups is 2. The molecule has 0 fully saturated rings. The van der Waals surface area contributed by atoms with Crippen molar-refractivity contribution >= 4 is 39.1 Å². The van der Waals surface area contributed by atoms with Crippen LogP contribution in [0.3, 0.4) is 0 Å². The summed E-state index contributed by atoms with van der Waals surface area (Å²) in [6.07, 6.45) is 0. The molecule has 3 rings (SSSR count). The Kier molecular flexibility index (Phi) is 9.51. The molecular formula is C28H31ClFN3O4S. The number of halogens is 2. The first kappa shape index (κ1) is 29.1. The van der Waals surface area contributed by atoms with Crippen LogP contribution in [-0.2, 0) is 26.2 Å². The van der Waals surface area contributed by atoms with Gasteiger partial charge in [-0.1, -0.05) is 47.5 Å². The number of hydrogen-bond donors (Lipinski definition) is 1. The van der Waals surface area contributed by atoms with Crippen LogP contribution in [0.5, 0.6) is 0 Å². The van der Waals surface area contributed by atoms with Gasteiger partial charge in [-0.3, -0.25) is 13.9 Å². The maximum absolute atomic E-state index is 14.5. The Labute approximate surface area is 228 Å². The van der Waals surface area contributed by atoms with E-state index in [2.05, 4.69) is 5.32 Å². The van der Waals surface area contributed by atoms with Gasteiger partial charge in [-0.25, -0.2) is 12.8 Å². The Morgan fingerprint density at radius 1 is 1.03 bits per heavy atom. The van der Waals surface area contributed by atoms with Gasteiger partial charge in [0.05, 0.1) is 10.6 Å². The molecule has 10 heteroatoms. The van der Waals surface area contributed by atoms with Crippen LogP contribution in [0.1, 0.15) is 30.5 Å². The van der Waals surface area contributed by atoms with E-state index >= 15 is 0 Å². The van der Waals surface area contributed by atoms with Crippen molar-refractivity contribution in [1.82, 2.24) is 10.2 Å². The molecule has 0 radical (unpaired) electrons. The Hall–Kier alpha value is -3.43. The van der Waals surface area contributed by atoms with E-state index in [1.54, 1.807) is 44.2 Å². The summed E-state index contributed by atoms with van der Waals surface area (Å²) in [4.78, 5) is 27.7. The summed E-state index contributed by atoms with van der Waals surface area (Å²) in [5.74, 6) is -1.64. The van der Waals surface area contributed by atoms with E-state index in [1.165, 1.54) is 48.2 Å². The van der Waals surface area contributed by atoms with E-state index < -0.39 is 40.2 Å². The second-order valence-corrected chi connectivity index (χ2v) is 11.2. The van der Waals surface area contributed by atoms with Crippen molar-refractivity contribution in [3.63, 3.8) is 0 Å². The average Bonchev–Trinajstić information content (AvgIpc) is 2.87. The number of anilines is 1. The standard InChI is InChI=1S/C28H31ClFN3O4S/c1-5-31-28(35)21(4)32(17-22-8-6-7-9-25(22)30)27(34)18-33(26-15-12-23(29)16-20(26)3)38(36,37)24-13-10-19(2)11-14-24/h6-16,21H,5,17-18H2,1-4H3,(H,31,35)/t21-/m0/s1. The molecule has 0 saturated carbocycles. The van der Waals surface area contributed by atoms with Crippen LogP contribution in [0.2, 0.25) is 5.02 Å². The van der Waals surface area contributed by atoms with E-state index in [-0.39, 0.29) is 22.7 Å². The van der Waals surface area contributed by atoms with Gasteiger partial charge in [-0.15, -0.1) is 0 Å². The predicted octanol–water partition coefficient (Wildman–Crippen LogP) is 4.84. The zero-order valence-corrected chi connectivity index (χ0v) is 23.3. The lowest BCUT2D eigenvalue weighted by molar-refractivity contribution is -0.139. The van der Waals surface area contributed by atoms with Gasteiger partial charge in [0.25, 0.3) is 10.0 Å². The second-order valence-electron chi connectivity index (χ2n) is 8.94. The lowest BCUT2D eigenvalue weighted by Gasteiger charge is -2.32. The van der Waals surface area contributed by atoms with Crippen molar-refractivity contribution in [1.29, 1.82) is 0 Å². The zero-order chi connectivity index (χ0) is 28.0. The van der Waals surface area contributed by atoms with Crippen molar-refractivity contribution < 1.29 is 22.4 Å². The highest BCUT2D eigenvalue weighted by molar-refractivity contribution is 7.92. The first-order chi connectivity index (χ1) is 17.9. The van der Waals surface area contributed by atoms with Gasteiger partial charge in [0.1, 0.15) is 18.4 Å². The largest absolute Gasteiger partial charge is 0.355 e. The molecule has 0 aliphatic rings. The first-order valence-electron chi connectivity index (χ1n) is 12.1. The van der Waals surface area contributed by atoms with Gasteiger partial charge in [-0.2, -0.15) is 0 Å². The van der Waals surface area contributed by atoms with Gasteiger partial charge >= 0.3 is 0 Å². The highest BCUT2D eigenvalue weighted by atomic mass is 35.5. The third-order valence-electron chi connectivity index (χ3n) is 6.13. The summed E-state index contributed by atoms with van der Waals surface area (Å²) in [7, 11) is -4.20. The third kappa shape index (κ3) is 6.71. The molecule has 0 aliphatic heterocycles. The highest BCUT2D eigenvalue weighted by Gasteiger charge is 2.33. The number of sulfonamides is 1. The second kappa shape index (κ2) is 12.4. The maximum Gasteiger partial charge on any atom is 0.264 e. The number of rotatable bonds is 10. The van der Waals surface area contributed by atoms with Crippen molar-refractivity contribution in [2.75, 3.05) is 17.4 Å². The highest BCUT2D eigenvalue weighted by Crippen LogP contribution is 2.29. The molecule has 1 atom stereocenters. The molecule has 0 saturated heterocycles. The Bertz CT molecular complexity index is 1410. The number of likely N-dealkylation sites (N-methyl/N-ethyl adjacent to an activating group) is 1. The maximum atomic E-state index is 14.5. The van der Waals surface area contributed by atoms with Crippen LogP contribution in [0, 0.1) is 19.7 Å². The summed E-state index contributed by atoms with van der Waals surface area (Å²) in [5.41, 5.74) is 1.88. The first-order valence-corrected chi connectivity index (χ1v) is 13.9. The van der Waals surface area contributed by atoms with Crippen molar-refractivity contribution in [3.8, 4) is 0 Å². The van der Waals surface area contributed by atoms with Crippen LogP contribution in [0.15, 0.2) is 71.6 Å². The van der Waals surface area contributed by atoms with Crippen LogP contribution in [0.25, 0.3) is 0 Å².